The molecular weight excluding hydrogens is 238 g/mol. The number of hydrogen-bond donors (Lipinski definition) is 0. The molecule has 0 radical (unpaired) electrons. The molecule has 2 rings (SSSR count). The zero-order chi connectivity index (χ0) is 13.7. The lowest BCUT2D eigenvalue weighted by Gasteiger charge is -2.17. The summed E-state index contributed by atoms with van der Waals surface area (Å²) in [6.07, 6.45) is 3.79. The van der Waals surface area contributed by atoms with E-state index in [1.54, 1.807) is 0 Å². The van der Waals surface area contributed by atoms with Crippen LogP contribution in [0.15, 0.2) is 36.7 Å². The van der Waals surface area contributed by atoms with Crippen molar-refractivity contribution in [2.24, 2.45) is 7.05 Å². The van der Waals surface area contributed by atoms with Crippen LogP contribution >= 0.6 is 0 Å². The lowest BCUT2D eigenvalue weighted by Crippen LogP contribution is -2.25. The molecule has 0 saturated carbocycles. The fraction of sp³-hybridized carbons (Fsp3) is 0.400. The molecule has 0 atom stereocenters. The zero-order valence-electron chi connectivity index (χ0n) is 11.8. The average molecular weight is 259 g/mol. The summed E-state index contributed by atoms with van der Waals surface area (Å²) in [4.78, 5) is 6.53. The molecule has 0 bridgehead atoms. The average Bonchev–Trinajstić information content (AvgIpc) is 2.77. The first-order chi connectivity index (χ1) is 9.16. The first kappa shape index (κ1) is 13.6. The Hall–Kier alpha value is -1.81. The third-order valence-corrected chi connectivity index (χ3v) is 3.16. The summed E-state index contributed by atoms with van der Waals surface area (Å²) in [7, 11) is 4.09. The van der Waals surface area contributed by atoms with Gasteiger partial charge in [-0.05, 0) is 25.6 Å². The summed E-state index contributed by atoms with van der Waals surface area (Å²) in [5, 5.41) is 0. The number of hydrogen-bond acceptors (Lipinski definition) is 3. The Bertz CT molecular complexity index is 522. The fourth-order valence-electron chi connectivity index (χ4n) is 1.90. The molecule has 2 aromatic rings. The second-order valence-corrected chi connectivity index (χ2v) is 4.81. The van der Waals surface area contributed by atoms with Crippen LogP contribution < -0.4 is 4.74 Å². The molecule has 0 aliphatic carbocycles. The van der Waals surface area contributed by atoms with E-state index < -0.39 is 0 Å². The van der Waals surface area contributed by atoms with E-state index in [4.69, 9.17) is 4.74 Å². The Kier molecular flexibility index (Phi) is 4.58. The van der Waals surface area contributed by atoms with E-state index >= 15 is 0 Å². The molecule has 4 heteroatoms. The van der Waals surface area contributed by atoms with Gasteiger partial charge in [0.05, 0.1) is 6.54 Å². The maximum atomic E-state index is 5.79. The maximum absolute atomic E-state index is 5.79. The van der Waals surface area contributed by atoms with Gasteiger partial charge < -0.3 is 9.30 Å². The van der Waals surface area contributed by atoms with Crippen molar-refractivity contribution in [3.63, 3.8) is 0 Å². The van der Waals surface area contributed by atoms with E-state index in [9.17, 15) is 0 Å². The molecule has 102 valence electrons. The van der Waals surface area contributed by atoms with Crippen molar-refractivity contribution < 1.29 is 4.74 Å². The van der Waals surface area contributed by atoms with E-state index in [0.717, 1.165) is 24.7 Å². The highest BCUT2D eigenvalue weighted by Crippen LogP contribution is 2.15. The van der Waals surface area contributed by atoms with Gasteiger partial charge in [0, 0.05) is 26.0 Å². The summed E-state index contributed by atoms with van der Waals surface area (Å²) in [6, 6.07) is 8.09. The standard InChI is InChI=1S/C15H21N3O/c1-13-6-4-5-7-14(13)19-11-10-17(2)12-15-16-8-9-18(15)3/h4-9H,10-12H2,1-3H3. The second kappa shape index (κ2) is 6.38. The predicted molar refractivity (Wildman–Crippen MR) is 76.2 cm³/mol. The van der Waals surface area contributed by atoms with Gasteiger partial charge in [-0.1, -0.05) is 18.2 Å². The minimum Gasteiger partial charge on any atom is -0.492 e. The van der Waals surface area contributed by atoms with Crippen LogP contribution in [0.2, 0.25) is 0 Å². The van der Waals surface area contributed by atoms with E-state index in [2.05, 4.69) is 29.9 Å². The van der Waals surface area contributed by atoms with Crippen molar-refractivity contribution in [2.45, 2.75) is 13.5 Å². The lowest BCUT2D eigenvalue weighted by atomic mass is 10.2. The van der Waals surface area contributed by atoms with Crippen molar-refractivity contribution in [1.29, 1.82) is 0 Å². The predicted octanol–water partition coefficient (Wildman–Crippen LogP) is 2.24. The SMILES string of the molecule is Cc1ccccc1OCCN(C)Cc1nccn1C. The summed E-state index contributed by atoms with van der Waals surface area (Å²) in [5.41, 5.74) is 1.18. The number of ether oxygens (including phenoxy) is 1. The summed E-state index contributed by atoms with van der Waals surface area (Å²) in [6.45, 7) is 4.46. The minimum atomic E-state index is 0.686. The molecule has 0 amide bonds. The zero-order valence-corrected chi connectivity index (χ0v) is 11.8. The lowest BCUT2D eigenvalue weighted by molar-refractivity contribution is 0.227. The molecule has 0 unspecified atom stereocenters. The smallest absolute Gasteiger partial charge is 0.122 e. The van der Waals surface area contributed by atoms with Gasteiger partial charge in [-0.15, -0.1) is 0 Å². The third-order valence-electron chi connectivity index (χ3n) is 3.16. The number of aryl methyl sites for hydroxylation is 2. The molecule has 0 fully saturated rings. The number of imidazole rings is 1. The molecule has 1 aromatic heterocycles. The monoisotopic (exact) mass is 259 g/mol. The molecule has 0 aliphatic rings. The van der Waals surface area contributed by atoms with Gasteiger partial charge in [0.1, 0.15) is 18.2 Å². The highest BCUT2D eigenvalue weighted by atomic mass is 16.5. The molecule has 1 heterocycles. The minimum absolute atomic E-state index is 0.686. The Balaban J connectivity index is 1.77. The normalized spacial score (nSPS) is 10.9. The first-order valence-corrected chi connectivity index (χ1v) is 6.50. The van der Waals surface area contributed by atoms with E-state index in [1.165, 1.54) is 5.56 Å². The Morgan fingerprint density at radius 1 is 1.32 bits per heavy atom. The summed E-state index contributed by atoms with van der Waals surface area (Å²) in [5.74, 6) is 2.03. The van der Waals surface area contributed by atoms with Crippen LogP contribution in [-0.2, 0) is 13.6 Å². The van der Waals surface area contributed by atoms with Crippen molar-refractivity contribution in [2.75, 3.05) is 20.2 Å². The van der Waals surface area contributed by atoms with Crippen molar-refractivity contribution in [3.05, 3.63) is 48.0 Å². The Labute approximate surface area is 114 Å². The van der Waals surface area contributed by atoms with Gasteiger partial charge in [-0.2, -0.15) is 0 Å². The maximum Gasteiger partial charge on any atom is 0.122 e. The van der Waals surface area contributed by atoms with Gasteiger partial charge in [-0.25, -0.2) is 4.98 Å². The Morgan fingerprint density at radius 3 is 2.79 bits per heavy atom. The van der Waals surface area contributed by atoms with Crippen molar-refractivity contribution in [1.82, 2.24) is 14.5 Å². The highest BCUT2D eigenvalue weighted by Gasteiger charge is 2.05. The molecule has 4 nitrogen and oxygen atoms in total. The van der Waals surface area contributed by atoms with Gasteiger partial charge in [-0.3, -0.25) is 4.90 Å². The van der Waals surface area contributed by atoms with Crippen LogP contribution in [0.25, 0.3) is 0 Å². The van der Waals surface area contributed by atoms with Gasteiger partial charge in [0.15, 0.2) is 0 Å². The quantitative estimate of drug-likeness (QED) is 0.797. The highest BCUT2D eigenvalue weighted by molar-refractivity contribution is 5.31. The third kappa shape index (κ3) is 3.83. The van der Waals surface area contributed by atoms with Crippen LogP contribution in [0.1, 0.15) is 11.4 Å². The molecule has 1 aromatic carbocycles. The van der Waals surface area contributed by atoms with Crippen molar-refractivity contribution >= 4 is 0 Å². The van der Waals surface area contributed by atoms with Crippen LogP contribution in [0, 0.1) is 6.92 Å². The number of benzene rings is 1. The van der Waals surface area contributed by atoms with Crippen LogP contribution in [0.3, 0.4) is 0 Å². The number of likely N-dealkylation sites (N-methyl/N-ethyl adjacent to an activating group) is 1. The molecule has 0 aliphatic heterocycles. The van der Waals surface area contributed by atoms with Gasteiger partial charge >= 0.3 is 0 Å². The van der Waals surface area contributed by atoms with Gasteiger partial charge in [0.2, 0.25) is 0 Å². The Morgan fingerprint density at radius 2 is 2.11 bits per heavy atom. The van der Waals surface area contributed by atoms with Gasteiger partial charge in [0.25, 0.3) is 0 Å². The second-order valence-electron chi connectivity index (χ2n) is 4.81. The summed E-state index contributed by atoms with van der Waals surface area (Å²) < 4.78 is 7.83. The van der Waals surface area contributed by atoms with Crippen LogP contribution in [-0.4, -0.2) is 34.7 Å². The molecule has 0 spiro atoms. The molecular formula is C15H21N3O. The number of rotatable bonds is 6. The number of nitrogens with zero attached hydrogens (tertiary/aromatic N) is 3. The number of para-hydroxylation sites is 1. The number of aromatic nitrogens is 2. The van der Waals surface area contributed by atoms with E-state index in [1.807, 2.05) is 42.2 Å². The van der Waals surface area contributed by atoms with E-state index in [0.29, 0.717) is 6.61 Å². The van der Waals surface area contributed by atoms with E-state index in [-0.39, 0.29) is 0 Å². The summed E-state index contributed by atoms with van der Waals surface area (Å²) >= 11 is 0. The largest absolute Gasteiger partial charge is 0.492 e. The molecule has 19 heavy (non-hydrogen) atoms. The topological polar surface area (TPSA) is 30.3 Å². The first-order valence-electron chi connectivity index (χ1n) is 6.50. The van der Waals surface area contributed by atoms with Crippen LogP contribution in [0.5, 0.6) is 5.75 Å². The van der Waals surface area contributed by atoms with Crippen molar-refractivity contribution in [3.8, 4) is 5.75 Å². The molecule has 0 saturated heterocycles. The fourth-order valence-corrected chi connectivity index (χ4v) is 1.90. The van der Waals surface area contributed by atoms with Crippen LogP contribution in [0.4, 0.5) is 0 Å². The molecule has 0 N–H and O–H groups in total.